The van der Waals surface area contributed by atoms with Gasteiger partial charge in [-0.2, -0.15) is 0 Å². The van der Waals surface area contributed by atoms with Gasteiger partial charge in [0.1, 0.15) is 13.2 Å². The minimum atomic E-state index is 0.631. The van der Waals surface area contributed by atoms with Gasteiger partial charge in [0.15, 0.2) is 11.5 Å². The summed E-state index contributed by atoms with van der Waals surface area (Å²) >= 11 is 0. The fourth-order valence-electron chi connectivity index (χ4n) is 1.97. The molecule has 0 saturated carbocycles. The number of para-hydroxylation sites is 1. The number of hydrogen-bond acceptors (Lipinski definition) is 3. The number of hydrogen-bond donors (Lipinski definition) is 1. The molecule has 0 fully saturated rings. The van der Waals surface area contributed by atoms with Crippen LogP contribution in [-0.2, 0) is 6.54 Å². The normalized spacial score (nSPS) is 13.1. The van der Waals surface area contributed by atoms with E-state index in [0.717, 1.165) is 49.4 Å². The lowest BCUT2D eigenvalue weighted by Gasteiger charge is -2.21. The molecule has 2 rings (SSSR count). The maximum atomic E-state index is 5.66. The summed E-state index contributed by atoms with van der Waals surface area (Å²) in [7, 11) is 0. The maximum Gasteiger partial charge on any atom is 0.165 e. The van der Waals surface area contributed by atoms with Crippen LogP contribution < -0.4 is 14.8 Å². The summed E-state index contributed by atoms with van der Waals surface area (Å²) in [6, 6.07) is 6.02. The zero-order chi connectivity index (χ0) is 12.6. The third-order valence-corrected chi connectivity index (χ3v) is 2.89. The largest absolute Gasteiger partial charge is 0.486 e. The molecule has 0 aromatic heterocycles. The molecule has 3 heteroatoms. The molecule has 0 bridgehead atoms. The van der Waals surface area contributed by atoms with Gasteiger partial charge in [-0.25, -0.2) is 0 Å². The van der Waals surface area contributed by atoms with Crippen LogP contribution in [0.1, 0.15) is 24.8 Å². The first-order valence-corrected chi connectivity index (χ1v) is 6.43. The molecule has 0 unspecified atom stereocenters. The van der Waals surface area contributed by atoms with Crippen molar-refractivity contribution in [2.24, 2.45) is 0 Å². The van der Waals surface area contributed by atoms with Crippen molar-refractivity contribution < 1.29 is 9.47 Å². The molecule has 96 valence electrons. The summed E-state index contributed by atoms with van der Waals surface area (Å²) in [5.74, 6) is 4.40. The zero-order valence-corrected chi connectivity index (χ0v) is 10.6. The van der Waals surface area contributed by atoms with Gasteiger partial charge in [0.05, 0.1) is 0 Å². The van der Waals surface area contributed by atoms with E-state index in [9.17, 15) is 0 Å². The minimum absolute atomic E-state index is 0.631. The Hall–Kier alpha value is -1.66. The Morgan fingerprint density at radius 1 is 1.22 bits per heavy atom. The predicted molar refractivity (Wildman–Crippen MR) is 71.8 cm³/mol. The first-order valence-electron chi connectivity index (χ1n) is 6.43. The molecule has 1 aliphatic rings. The van der Waals surface area contributed by atoms with Crippen LogP contribution in [0.5, 0.6) is 11.5 Å². The molecule has 0 saturated heterocycles. The minimum Gasteiger partial charge on any atom is -0.486 e. The topological polar surface area (TPSA) is 30.5 Å². The van der Waals surface area contributed by atoms with Crippen molar-refractivity contribution in [2.75, 3.05) is 19.8 Å². The van der Waals surface area contributed by atoms with Gasteiger partial charge in [-0.1, -0.05) is 12.1 Å². The number of ether oxygens (including phenoxy) is 2. The van der Waals surface area contributed by atoms with E-state index in [-0.39, 0.29) is 0 Å². The van der Waals surface area contributed by atoms with Gasteiger partial charge in [-0.3, -0.25) is 0 Å². The summed E-state index contributed by atoms with van der Waals surface area (Å²) in [6.07, 6.45) is 8.26. The molecule has 0 aliphatic carbocycles. The molecule has 0 atom stereocenters. The lowest BCUT2D eigenvalue weighted by molar-refractivity contribution is 0.169. The summed E-state index contributed by atoms with van der Waals surface area (Å²) in [4.78, 5) is 0. The maximum absolute atomic E-state index is 5.66. The van der Waals surface area contributed by atoms with Crippen LogP contribution in [0.15, 0.2) is 18.2 Å². The Morgan fingerprint density at radius 2 is 2.11 bits per heavy atom. The summed E-state index contributed by atoms with van der Waals surface area (Å²) < 4.78 is 11.2. The Labute approximate surface area is 108 Å². The second-order valence-corrected chi connectivity index (χ2v) is 4.28. The van der Waals surface area contributed by atoms with Crippen LogP contribution in [-0.4, -0.2) is 19.8 Å². The molecule has 0 spiro atoms. The Kier molecular flexibility index (Phi) is 4.92. The molecule has 1 aromatic carbocycles. The summed E-state index contributed by atoms with van der Waals surface area (Å²) in [5.41, 5.74) is 1.16. The lowest BCUT2D eigenvalue weighted by Crippen LogP contribution is -2.19. The summed E-state index contributed by atoms with van der Waals surface area (Å²) in [6.45, 7) is 3.05. The fourth-order valence-corrected chi connectivity index (χ4v) is 1.97. The molecular weight excluding hydrogens is 226 g/mol. The highest BCUT2D eigenvalue weighted by molar-refractivity contribution is 5.47. The van der Waals surface area contributed by atoms with E-state index in [1.807, 2.05) is 12.1 Å². The van der Waals surface area contributed by atoms with Crippen LogP contribution in [0.3, 0.4) is 0 Å². The standard InChI is InChI=1S/C15H19NO2/c1-2-3-4-5-9-16-12-13-7-6-8-14-15(13)18-11-10-17-14/h1,6-8,16H,3-5,9-12H2. The third-order valence-electron chi connectivity index (χ3n) is 2.89. The van der Waals surface area contributed by atoms with Crippen LogP contribution in [0.4, 0.5) is 0 Å². The smallest absolute Gasteiger partial charge is 0.165 e. The Morgan fingerprint density at radius 3 is 3.00 bits per heavy atom. The van der Waals surface area contributed by atoms with E-state index in [1.165, 1.54) is 0 Å². The number of benzene rings is 1. The monoisotopic (exact) mass is 245 g/mol. The number of rotatable bonds is 6. The number of terminal acetylenes is 1. The van der Waals surface area contributed by atoms with E-state index in [1.54, 1.807) is 0 Å². The van der Waals surface area contributed by atoms with Crippen molar-refractivity contribution in [3.63, 3.8) is 0 Å². The van der Waals surface area contributed by atoms with E-state index < -0.39 is 0 Å². The van der Waals surface area contributed by atoms with E-state index >= 15 is 0 Å². The van der Waals surface area contributed by atoms with Crippen molar-refractivity contribution in [1.82, 2.24) is 5.32 Å². The van der Waals surface area contributed by atoms with Gasteiger partial charge < -0.3 is 14.8 Å². The van der Waals surface area contributed by atoms with E-state index in [2.05, 4.69) is 17.3 Å². The van der Waals surface area contributed by atoms with Crippen molar-refractivity contribution in [3.05, 3.63) is 23.8 Å². The molecular formula is C15H19NO2. The molecule has 1 N–H and O–H groups in total. The van der Waals surface area contributed by atoms with Crippen LogP contribution in [0, 0.1) is 12.3 Å². The molecule has 3 nitrogen and oxygen atoms in total. The predicted octanol–water partition coefficient (Wildman–Crippen LogP) is 2.35. The second kappa shape index (κ2) is 6.93. The summed E-state index contributed by atoms with van der Waals surface area (Å²) in [5, 5.41) is 3.41. The van der Waals surface area contributed by atoms with Gasteiger partial charge in [0, 0.05) is 18.5 Å². The quantitative estimate of drug-likeness (QED) is 0.616. The highest BCUT2D eigenvalue weighted by atomic mass is 16.6. The second-order valence-electron chi connectivity index (χ2n) is 4.28. The molecule has 1 aromatic rings. The highest BCUT2D eigenvalue weighted by Crippen LogP contribution is 2.33. The number of nitrogens with one attached hydrogen (secondary N) is 1. The van der Waals surface area contributed by atoms with Crippen molar-refractivity contribution >= 4 is 0 Å². The Bertz CT molecular complexity index is 423. The first-order chi connectivity index (χ1) is 8.92. The van der Waals surface area contributed by atoms with Gasteiger partial charge >= 0.3 is 0 Å². The van der Waals surface area contributed by atoms with Crippen LogP contribution in [0.2, 0.25) is 0 Å². The molecule has 1 heterocycles. The van der Waals surface area contributed by atoms with Gasteiger partial charge in [0.2, 0.25) is 0 Å². The van der Waals surface area contributed by atoms with Crippen molar-refractivity contribution in [2.45, 2.75) is 25.8 Å². The van der Waals surface area contributed by atoms with Gasteiger partial charge in [0.25, 0.3) is 0 Å². The van der Waals surface area contributed by atoms with Crippen LogP contribution in [0.25, 0.3) is 0 Å². The zero-order valence-electron chi connectivity index (χ0n) is 10.6. The lowest BCUT2D eigenvalue weighted by atomic mass is 10.1. The SMILES string of the molecule is C#CCCCCNCc1cccc2c1OCCO2. The van der Waals surface area contributed by atoms with E-state index in [0.29, 0.717) is 13.2 Å². The molecule has 18 heavy (non-hydrogen) atoms. The molecule has 1 aliphatic heterocycles. The first kappa shape index (κ1) is 12.8. The van der Waals surface area contributed by atoms with Gasteiger partial charge in [-0.05, 0) is 25.5 Å². The third kappa shape index (κ3) is 3.41. The van der Waals surface area contributed by atoms with Crippen molar-refractivity contribution in [1.29, 1.82) is 0 Å². The number of fused-ring (bicyclic) bond motifs is 1. The van der Waals surface area contributed by atoms with E-state index in [4.69, 9.17) is 15.9 Å². The number of unbranched alkanes of at least 4 members (excludes halogenated alkanes) is 2. The average molecular weight is 245 g/mol. The molecule has 0 radical (unpaired) electrons. The molecule has 0 amide bonds. The van der Waals surface area contributed by atoms with Crippen LogP contribution >= 0.6 is 0 Å². The Balaban J connectivity index is 1.81. The van der Waals surface area contributed by atoms with Gasteiger partial charge in [-0.15, -0.1) is 12.3 Å². The highest BCUT2D eigenvalue weighted by Gasteiger charge is 2.14. The van der Waals surface area contributed by atoms with Crippen molar-refractivity contribution in [3.8, 4) is 23.8 Å². The average Bonchev–Trinajstić information content (AvgIpc) is 2.43. The fraction of sp³-hybridized carbons (Fsp3) is 0.467.